The summed E-state index contributed by atoms with van der Waals surface area (Å²) in [6, 6.07) is 9.27. The van der Waals surface area contributed by atoms with Crippen molar-refractivity contribution in [2.75, 3.05) is 29.9 Å². The summed E-state index contributed by atoms with van der Waals surface area (Å²) < 4.78 is 5.04. The molecule has 1 N–H and O–H groups in total. The Balaban J connectivity index is 1.42. The molecule has 0 unspecified atom stereocenters. The van der Waals surface area contributed by atoms with Crippen LogP contribution in [0.2, 0.25) is 0 Å². The maximum absolute atomic E-state index is 12.3. The van der Waals surface area contributed by atoms with Gasteiger partial charge in [-0.3, -0.25) is 9.69 Å². The summed E-state index contributed by atoms with van der Waals surface area (Å²) in [5.74, 6) is -0.0335. The number of nitrogens with zero attached hydrogens (tertiary/aromatic N) is 3. The lowest BCUT2D eigenvalue weighted by Gasteiger charge is -2.28. The van der Waals surface area contributed by atoms with E-state index in [0.29, 0.717) is 17.8 Å². The molecule has 2 saturated heterocycles. The Labute approximate surface area is 160 Å². The van der Waals surface area contributed by atoms with Crippen molar-refractivity contribution in [3.8, 4) is 0 Å². The van der Waals surface area contributed by atoms with Crippen LogP contribution in [-0.2, 0) is 0 Å². The minimum absolute atomic E-state index is 0.234. The quantitative estimate of drug-likeness (QED) is 0.893. The number of aromatic nitrogens is 1. The van der Waals surface area contributed by atoms with Crippen LogP contribution in [0.1, 0.15) is 48.0 Å². The highest BCUT2D eigenvalue weighted by Crippen LogP contribution is 2.30. The number of hydrogen-bond acceptors (Lipinski definition) is 5. The molecule has 2 aromatic rings. The fourth-order valence-electron chi connectivity index (χ4n) is 4.38. The third kappa shape index (κ3) is 3.72. The Bertz CT molecular complexity index is 831. The van der Waals surface area contributed by atoms with Gasteiger partial charge in [-0.15, -0.1) is 0 Å². The van der Waals surface area contributed by atoms with E-state index in [1.807, 2.05) is 13.0 Å². The summed E-state index contributed by atoms with van der Waals surface area (Å²) in [7, 11) is 0. The zero-order valence-electron chi connectivity index (χ0n) is 16.4. The fourth-order valence-corrected chi connectivity index (χ4v) is 4.38. The predicted octanol–water partition coefficient (Wildman–Crippen LogP) is 3.61. The number of rotatable bonds is 4. The van der Waals surface area contributed by atoms with Gasteiger partial charge < -0.3 is 14.7 Å². The van der Waals surface area contributed by atoms with Crippen LogP contribution in [0.4, 0.5) is 11.4 Å². The molecular weight excluding hydrogens is 340 g/mol. The maximum atomic E-state index is 12.3. The number of likely N-dealkylation sites (tertiary alicyclic amines) is 1. The first-order valence-corrected chi connectivity index (χ1v) is 9.87. The first kappa shape index (κ1) is 18.0. The molecule has 0 bridgehead atoms. The molecule has 2 aliphatic heterocycles. The summed E-state index contributed by atoms with van der Waals surface area (Å²) in [4.78, 5) is 17.4. The Hall–Kier alpha value is -2.34. The van der Waals surface area contributed by atoms with Gasteiger partial charge in [0.25, 0.3) is 5.91 Å². The molecule has 27 heavy (non-hydrogen) atoms. The molecule has 1 amide bonds. The van der Waals surface area contributed by atoms with E-state index in [-0.39, 0.29) is 11.7 Å². The van der Waals surface area contributed by atoms with E-state index in [2.05, 4.69) is 39.3 Å². The zero-order chi connectivity index (χ0) is 19.0. The molecule has 4 rings (SSSR count). The minimum Gasteiger partial charge on any atom is -0.370 e. The summed E-state index contributed by atoms with van der Waals surface area (Å²) in [6.07, 6.45) is 3.89. The highest BCUT2D eigenvalue weighted by Gasteiger charge is 2.33. The number of anilines is 2. The Morgan fingerprint density at radius 1 is 1.22 bits per heavy atom. The summed E-state index contributed by atoms with van der Waals surface area (Å²) in [5.41, 5.74) is 3.79. The normalized spacial score (nSPS) is 23.1. The highest BCUT2D eigenvalue weighted by atomic mass is 16.5. The van der Waals surface area contributed by atoms with Gasteiger partial charge in [-0.1, -0.05) is 5.16 Å². The molecule has 2 fully saturated rings. The Morgan fingerprint density at radius 2 is 2.07 bits per heavy atom. The lowest BCUT2D eigenvalue weighted by Crippen LogP contribution is -2.39. The van der Waals surface area contributed by atoms with Crippen molar-refractivity contribution in [3.63, 3.8) is 0 Å². The fraction of sp³-hybridized carbons (Fsp3) is 0.524. The van der Waals surface area contributed by atoms with Gasteiger partial charge in [-0.05, 0) is 70.3 Å². The van der Waals surface area contributed by atoms with Crippen molar-refractivity contribution in [1.82, 2.24) is 10.1 Å². The lowest BCUT2D eigenvalue weighted by atomic mass is 10.1. The first-order valence-electron chi connectivity index (χ1n) is 9.87. The molecule has 6 heteroatoms. The molecule has 6 nitrogen and oxygen atoms in total. The van der Waals surface area contributed by atoms with E-state index in [1.165, 1.54) is 31.5 Å². The van der Waals surface area contributed by atoms with E-state index < -0.39 is 0 Å². The number of benzene rings is 1. The highest BCUT2D eigenvalue weighted by molar-refractivity contribution is 6.02. The summed E-state index contributed by atoms with van der Waals surface area (Å²) in [6.45, 7) is 9.61. The predicted molar refractivity (Wildman–Crippen MR) is 106 cm³/mol. The van der Waals surface area contributed by atoms with Gasteiger partial charge in [0.05, 0.1) is 5.69 Å². The van der Waals surface area contributed by atoms with Crippen LogP contribution >= 0.6 is 0 Å². The second kappa shape index (κ2) is 7.35. The van der Waals surface area contributed by atoms with Gasteiger partial charge in [0.1, 0.15) is 0 Å². The second-order valence-corrected chi connectivity index (χ2v) is 7.90. The molecule has 1 aromatic heterocycles. The Kier molecular flexibility index (Phi) is 4.91. The molecular formula is C21H28N4O2. The van der Waals surface area contributed by atoms with Crippen LogP contribution < -0.4 is 10.2 Å². The van der Waals surface area contributed by atoms with Crippen molar-refractivity contribution < 1.29 is 9.32 Å². The van der Waals surface area contributed by atoms with Crippen molar-refractivity contribution in [1.29, 1.82) is 0 Å². The van der Waals surface area contributed by atoms with E-state index in [1.54, 1.807) is 13.0 Å². The maximum Gasteiger partial charge on any atom is 0.294 e. The SMILES string of the molecule is Cc1cc(C(=O)Nc2ccc(N3CC[C@H](N4CCC[C@@H]4C)C3)cc2C)on1. The van der Waals surface area contributed by atoms with Gasteiger partial charge in [0.2, 0.25) is 5.76 Å². The lowest BCUT2D eigenvalue weighted by molar-refractivity contribution is 0.0988. The standard InChI is InChI=1S/C21H28N4O2/c1-14-11-17(24-10-8-18(13-24)25-9-4-5-16(25)3)6-7-19(14)22-21(26)20-12-15(2)23-27-20/h6-7,11-12,16,18H,4-5,8-10,13H2,1-3H3,(H,22,26)/t16-,18-/m0/s1. The molecule has 144 valence electrons. The van der Waals surface area contributed by atoms with Gasteiger partial charge in [0, 0.05) is 42.6 Å². The summed E-state index contributed by atoms with van der Waals surface area (Å²) in [5, 5.41) is 6.68. The molecule has 2 atom stereocenters. The molecule has 0 saturated carbocycles. The smallest absolute Gasteiger partial charge is 0.294 e. The number of carbonyl (C=O) groups is 1. The van der Waals surface area contributed by atoms with Crippen LogP contribution in [0, 0.1) is 13.8 Å². The third-order valence-electron chi connectivity index (χ3n) is 5.91. The molecule has 3 heterocycles. The van der Waals surface area contributed by atoms with E-state index in [9.17, 15) is 4.79 Å². The third-order valence-corrected chi connectivity index (χ3v) is 5.91. The summed E-state index contributed by atoms with van der Waals surface area (Å²) >= 11 is 0. The number of hydrogen-bond donors (Lipinski definition) is 1. The van der Waals surface area contributed by atoms with Gasteiger partial charge in [0.15, 0.2) is 0 Å². The van der Waals surface area contributed by atoms with Gasteiger partial charge in [-0.2, -0.15) is 0 Å². The van der Waals surface area contributed by atoms with Crippen molar-refractivity contribution in [2.24, 2.45) is 0 Å². The van der Waals surface area contributed by atoms with Crippen molar-refractivity contribution >= 4 is 17.3 Å². The first-order chi connectivity index (χ1) is 13.0. The van der Waals surface area contributed by atoms with Crippen LogP contribution in [0.3, 0.4) is 0 Å². The average Bonchev–Trinajstić information content (AvgIpc) is 3.37. The van der Waals surface area contributed by atoms with Crippen LogP contribution in [0.5, 0.6) is 0 Å². The average molecular weight is 368 g/mol. The van der Waals surface area contributed by atoms with Crippen LogP contribution in [-0.4, -0.2) is 47.7 Å². The van der Waals surface area contributed by atoms with Crippen molar-refractivity contribution in [2.45, 2.75) is 52.1 Å². The number of carbonyl (C=O) groups excluding carboxylic acids is 1. The van der Waals surface area contributed by atoms with Gasteiger partial charge >= 0.3 is 0 Å². The van der Waals surface area contributed by atoms with Crippen LogP contribution in [0.25, 0.3) is 0 Å². The molecule has 0 spiro atoms. The number of aryl methyl sites for hydroxylation is 2. The second-order valence-electron chi connectivity index (χ2n) is 7.90. The van der Waals surface area contributed by atoms with E-state index in [4.69, 9.17) is 4.52 Å². The largest absolute Gasteiger partial charge is 0.370 e. The molecule has 0 aliphatic carbocycles. The minimum atomic E-state index is -0.268. The molecule has 1 aromatic carbocycles. The Morgan fingerprint density at radius 3 is 2.74 bits per heavy atom. The number of amides is 1. The van der Waals surface area contributed by atoms with Crippen molar-refractivity contribution in [3.05, 3.63) is 41.3 Å². The van der Waals surface area contributed by atoms with Gasteiger partial charge in [-0.25, -0.2) is 0 Å². The van der Waals surface area contributed by atoms with E-state index >= 15 is 0 Å². The number of nitrogens with one attached hydrogen (secondary N) is 1. The monoisotopic (exact) mass is 368 g/mol. The topological polar surface area (TPSA) is 61.6 Å². The zero-order valence-corrected chi connectivity index (χ0v) is 16.4. The van der Waals surface area contributed by atoms with Crippen LogP contribution in [0.15, 0.2) is 28.8 Å². The molecule has 2 aliphatic rings. The molecule has 0 radical (unpaired) electrons. The van der Waals surface area contributed by atoms with E-state index in [0.717, 1.165) is 24.3 Å².